The van der Waals surface area contributed by atoms with Gasteiger partial charge < -0.3 is 10.1 Å². The van der Waals surface area contributed by atoms with Crippen molar-refractivity contribution in [3.63, 3.8) is 0 Å². The molecule has 0 aliphatic heterocycles. The molecule has 1 unspecified atom stereocenters. The number of ether oxygens (including phenoxy) is 1. The fourth-order valence-corrected chi connectivity index (χ4v) is 3.91. The van der Waals surface area contributed by atoms with Crippen molar-refractivity contribution >= 4 is 10.0 Å². The molecule has 0 bridgehead atoms. The first-order valence-corrected chi connectivity index (χ1v) is 8.26. The average molecular weight is 318 g/mol. The van der Waals surface area contributed by atoms with Crippen LogP contribution in [0.2, 0.25) is 0 Å². The highest BCUT2D eigenvalue weighted by Crippen LogP contribution is 2.22. The number of rotatable bonds is 8. The predicted molar refractivity (Wildman–Crippen MR) is 80.1 cm³/mol. The van der Waals surface area contributed by atoms with Crippen molar-refractivity contribution in [1.29, 1.82) is 0 Å². The summed E-state index contributed by atoms with van der Waals surface area (Å²) in [4.78, 5) is -0.299. The third-order valence-electron chi connectivity index (χ3n) is 3.17. The predicted octanol–water partition coefficient (Wildman–Crippen LogP) is 1.59. The van der Waals surface area contributed by atoms with Crippen LogP contribution in [0.15, 0.2) is 23.1 Å². The molecule has 7 heteroatoms. The summed E-state index contributed by atoms with van der Waals surface area (Å²) in [6.45, 7) is 4.45. The lowest BCUT2D eigenvalue weighted by Gasteiger charge is -2.26. The number of hydrogen-bond donors (Lipinski definition) is 1. The second kappa shape index (κ2) is 7.84. The highest BCUT2D eigenvalue weighted by Gasteiger charge is 2.30. The SMILES string of the molecule is CCN(C(C)COC)S(=O)(=O)c1ccc(CNC)cc1F. The van der Waals surface area contributed by atoms with E-state index in [4.69, 9.17) is 4.74 Å². The Hall–Kier alpha value is -1.02. The molecule has 0 saturated heterocycles. The van der Waals surface area contributed by atoms with Gasteiger partial charge in [0, 0.05) is 26.2 Å². The zero-order valence-electron chi connectivity index (χ0n) is 12.9. The van der Waals surface area contributed by atoms with Gasteiger partial charge in [0.15, 0.2) is 0 Å². The molecule has 0 fully saturated rings. The topological polar surface area (TPSA) is 58.6 Å². The van der Waals surface area contributed by atoms with Crippen LogP contribution < -0.4 is 5.32 Å². The highest BCUT2D eigenvalue weighted by atomic mass is 32.2. The molecule has 0 aliphatic rings. The third kappa shape index (κ3) is 4.23. The van der Waals surface area contributed by atoms with E-state index in [0.29, 0.717) is 12.1 Å². The smallest absolute Gasteiger partial charge is 0.246 e. The van der Waals surface area contributed by atoms with Crippen molar-refractivity contribution < 1.29 is 17.5 Å². The lowest BCUT2D eigenvalue weighted by atomic mass is 10.2. The van der Waals surface area contributed by atoms with Gasteiger partial charge in [-0.25, -0.2) is 12.8 Å². The molecule has 0 aromatic heterocycles. The Kier molecular flexibility index (Phi) is 6.73. The Morgan fingerprint density at radius 3 is 2.57 bits per heavy atom. The van der Waals surface area contributed by atoms with E-state index in [1.807, 2.05) is 0 Å². The van der Waals surface area contributed by atoms with E-state index in [1.165, 1.54) is 23.5 Å². The normalized spacial score (nSPS) is 13.6. The number of likely N-dealkylation sites (N-methyl/N-ethyl adjacent to an activating group) is 1. The summed E-state index contributed by atoms with van der Waals surface area (Å²) < 4.78 is 45.6. The Labute approximate surface area is 126 Å². The molecule has 0 aliphatic carbocycles. The molecule has 0 saturated carbocycles. The molecule has 0 amide bonds. The summed E-state index contributed by atoms with van der Waals surface area (Å²) in [6.07, 6.45) is 0. The molecule has 1 N–H and O–H groups in total. The molecule has 0 radical (unpaired) electrons. The molecular weight excluding hydrogens is 295 g/mol. The Bertz CT molecular complexity index is 563. The minimum absolute atomic E-state index is 0.255. The quantitative estimate of drug-likeness (QED) is 0.791. The van der Waals surface area contributed by atoms with Gasteiger partial charge in [0.25, 0.3) is 0 Å². The van der Waals surface area contributed by atoms with E-state index in [9.17, 15) is 12.8 Å². The van der Waals surface area contributed by atoms with Crippen LogP contribution in [-0.4, -0.2) is 46.1 Å². The van der Waals surface area contributed by atoms with Crippen LogP contribution in [0.3, 0.4) is 0 Å². The van der Waals surface area contributed by atoms with Crippen molar-refractivity contribution in [1.82, 2.24) is 9.62 Å². The zero-order chi connectivity index (χ0) is 16.0. The van der Waals surface area contributed by atoms with Crippen LogP contribution in [0.5, 0.6) is 0 Å². The second-order valence-electron chi connectivity index (χ2n) is 4.81. The molecule has 120 valence electrons. The van der Waals surface area contributed by atoms with Gasteiger partial charge in [-0.05, 0) is 31.7 Å². The minimum atomic E-state index is -3.88. The lowest BCUT2D eigenvalue weighted by molar-refractivity contribution is 0.142. The fourth-order valence-electron chi connectivity index (χ4n) is 2.24. The van der Waals surface area contributed by atoms with Crippen molar-refractivity contribution in [2.45, 2.75) is 31.3 Å². The van der Waals surface area contributed by atoms with Crippen LogP contribution in [0, 0.1) is 5.82 Å². The minimum Gasteiger partial charge on any atom is -0.383 e. The van der Waals surface area contributed by atoms with Crippen LogP contribution >= 0.6 is 0 Å². The van der Waals surface area contributed by atoms with Gasteiger partial charge in [0.1, 0.15) is 10.7 Å². The number of benzene rings is 1. The van der Waals surface area contributed by atoms with Crippen molar-refractivity contribution in [2.75, 3.05) is 27.3 Å². The van der Waals surface area contributed by atoms with E-state index in [1.54, 1.807) is 27.0 Å². The van der Waals surface area contributed by atoms with E-state index in [2.05, 4.69) is 5.32 Å². The number of hydrogen-bond acceptors (Lipinski definition) is 4. The number of halogens is 1. The van der Waals surface area contributed by atoms with Crippen LogP contribution in [0.25, 0.3) is 0 Å². The highest BCUT2D eigenvalue weighted by molar-refractivity contribution is 7.89. The summed E-state index contributed by atoms with van der Waals surface area (Å²) in [5.41, 5.74) is 0.696. The molecule has 1 rings (SSSR count). The Balaban J connectivity index is 3.16. The first-order valence-electron chi connectivity index (χ1n) is 6.82. The van der Waals surface area contributed by atoms with Gasteiger partial charge in [-0.1, -0.05) is 13.0 Å². The summed E-state index contributed by atoms with van der Waals surface area (Å²) in [6, 6.07) is 3.82. The molecule has 1 aromatic rings. The number of methoxy groups -OCH3 is 1. The van der Waals surface area contributed by atoms with Crippen molar-refractivity contribution in [3.8, 4) is 0 Å². The largest absolute Gasteiger partial charge is 0.383 e. The molecule has 1 atom stereocenters. The third-order valence-corrected chi connectivity index (χ3v) is 5.30. The first kappa shape index (κ1) is 18.0. The Morgan fingerprint density at radius 1 is 1.43 bits per heavy atom. The van der Waals surface area contributed by atoms with E-state index >= 15 is 0 Å². The summed E-state index contributed by atoms with van der Waals surface area (Å²) in [7, 11) is -0.629. The van der Waals surface area contributed by atoms with Crippen molar-refractivity contribution in [2.24, 2.45) is 0 Å². The number of nitrogens with one attached hydrogen (secondary N) is 1. The number of sulfonamides is 1. The van der Waals surface area contributed by atoms with Gasteiger partial charge in [0.2, 0.25) is 10.0 Å². The molecule has 5 nitrogen and oxygen atoms in total. The summed E-state index contributed by atoms with van der Waals surface area (Å²) in [5.74, 6) is -0.731. The molecule has 21 heavy (non-hydrogen) atoms. The maximum absolute atomic E-state index is 14.2. The van der Waals surface area contributed by atoms with Gasteiger partial charge >= 0.3 is 0 Å². The standard InChI is InChI=1S/C14H23FN2O3S/c1-5-17(11(2)10-20-4)21(18,19)14-7-6-12(9-16-3)8-13(14)15/h6-8,11,16H,5,9-10H2,1-4H3. The molecular formula is C14H23FN2O3S. The van der Waals surface area contributed by atoms with Crippen molar-refractivity contribution in [3.05, 3.63) is 29.6 Å². The second-order valence-corrected chi connectivity index (χ2v) is 6.67. The first-order chi connectivity index (χ1) is 9.88. The molecule has 0 spiro atoms. The van der Waals surface area contributed by atoms with Crippen LogP contribution in [0.4, 0.5) is 4.39 Å². The monoisotopic (exact) mass is 318 g/mol. The fraction of sp³-hybridized carbons (Fsp3) is 0.571. The number of nitrogens with zero attached hydrogens (tertiary/aromatic N) is 1. The van der Waals surface area contributed by atoms with E-state index in [0.717, 1.165) is 0 Å². The van der Waals surface area contributed by atoms with E-state index < -0.39 is 15.8 Å². The maximum atomic E-state index is 14.2. The van der Waals surface area contributed by atoms with Crippen LogP contribution in [0.1, 0.15) is 19.4 Å². The van der Waals surface area contributed by atoms with Gasteiger partial charge in [-0.15, -0.1) is 0 Å². The summed E-state index contributed by atoms with van der Waals surface area (Å²) in [5, 5.41) is 2.90. The Morgan fingerprint density at radius 2 is 2.10 bits per heavy atom. The van der Waals surface area contributed by atoms with E-state index in [-0.39, 0.29) is 24.1 Å². The van der Waals surface area contributed by atoms with Gasteiger partial charge in [-0.2, -0.15) is 4.31 Å². The lowest BCUT2D eigenvalue weighted by Crippen LogP contribution is -2.41. The van der Waals surface area contributed by atoms with Crippen LogP contribution in [-0.2, 0) is 21.3 Å². The zero-order valence-corrected chi connectivity index (χ0v) is 13.7. The average Bonchev–Trinajstić information content (AvgIpc) is 2.39. The van der Waals surface area contributed by atoms with Gasteiger partial charge in [-0.3, -0.25) is 0 Å². The van der Waals surface area contributed by atoms with Gasteiger partial charge in [0.05, 0.1) is 6.61 Å². The molecule has 1 aromatic carbocycles. The molecule has 0 heterocycles. The maximum Gasteiger partial charge on any atom is 0.246 e. The summed E-state index contributed by atoms with van der Waals surface area (Å²) >= 11 is 0.